The van der Waals surface area contributed by atoms with Gasteiger partial charge >= 0.3 is 0 Å². The van der Waals surface area contributed by atoms with Crippen LogP contribution in [0.2, 0.25) is 5.02 Å². The van der Waals surface area contributed by atoms with Crippen LogP contribution in [0.5, 0.6) is 0 Å². The van der Waals surface area contributed by atoms with Crippen LogP contribution >= 0.6 is 11.6 Å². The van der Waals surface area contributed by atoms with E-state index in [1.165, 1.54) is 0 Å². The lowest BCUT2D eigenvalue weighted by Gasteiger charge is -2.14. The maximum Gasteiger partial charge on any atom is 0.156 e. The first-order valence-corrected chi connectivity index (χ1v) is 6.04. The number of aryl methyl sites for hydroxylation is 1. The van der Waals surface area contributed by atoms with Gasteiger partial charge in [-0.2, -0.15) is 5.26 Å². The molecule has 0 radical (unpaired) electrons. The molecule has 1 unspecified atom stereocenters. The normalized spacial score (nSPS) is 11.8. The first kappa shape index (κ1) is 12.5. The monoisotopic (exact) mass is 260 g/mol. The molecule has 1 aromatic heterocycles. The van der Waals surface area contributed by atoms with E-state index in [-0.39, 0.29) is 0 Å². The number of hydrogen-bond acceptors (Lipinski definition) is 3. The topological polar surface area (TPSA) is 53.6 Å². The predicted octanol–water partition coefficient (Wildman–Crippen LogP) is 3.23. The summed E-state index contributed by atoms with van der Waals surface area (Å²) in [4.78, 5) is 4.07. The SMILES string of the molecule is CCn1cncc1C(C#N)Nc1ccc(Cl)cc1. The summed E-state index contributed by atoms with van der Waals surface area (Å²) in [6.45, 7) is 2.80. The van der Waals surface area contributed by atoms with Gasteiger partial charge in [-0.3, -0.25) is 0 Å². The molecule has 18 heavy (non-hydrogen) atoms. The number of anilines is 1. The van der Waals surface area contributed by atoms with Gasteiger partial charge in [-0.25, -0.2) is 4.98 Å². The Kier molecular flexibility index (Phi) is 3.85. The number of nitrogens with one attached hydrogen (secondary N) is 1. The van der Waals surface area contributed by atoms with Crippen LogP contribution in [-0.4, -0.2) is 9.55 Å². The molecule has 0 aliphatic rings. The van der Waals surface area contributed by atoms with Crippen LogP contribution in [-0.2, 0) is 6.54 Å². The number of aromatic nitrogens is 2. The lowest BCUT2D eigenvalue weighted by molar-refractivity contribution is 0.701. The van der Waals surface area contributed by atoms with Gasteiger partial charge in [-0.05, 0) is 31.2 Å². The van der Waals surface area contributed by atoms with Crippen LogP contribution in [0.3, 0.4) is 0 Å². The molecule has 0 amide bonds. The quantitative estimate of drug-likeness (QED) is 0.918. The molecule has 92 valence electrons. The number of nitrogens with zero attached hydrogens (tertiary/aromatic N) is 3. The first-order valence-electron chi connectivity index (χ1n) is 5.66. The van der Waals surface area contributed by atoms with E-state index in [1.54, 1.807) is 24.7 Å². The van der Waals surface area contributed by atoms with Gasteiger partial charge in [-0.15, -0.1) is 0 Å². The van der Waals surface area contributed by atoms with Crippen molar-refractivity contribution in [2.75, 3.05) is 5.32 Å². The Morgan fingerprint density at radius 2 is 2.17 bits per heavy atom. The molecule has 2 aromatic rings. The third-order valence-corrected chi connectivity index (χ3v) is 2.92. The molecule has 1 N–H and O–H groups in total. The van der Waals surface area contributed by atoms with E-state index in [4.69, 9.17) is 11.6 Å². The summed E-state index contributed by atoms with van der Waals surface area (Å²) in [5.41, 5.74) is 1.71. The molecule has 1 aromatic carbocycles. The van der Waals surface area contributed by atoms with Crippen LogP contribution < -0.4 is 5.32 Å². The van der Waals surface area contributed by atoms with Crippen molar-refractivity contribution in [1.29, 1.82) is 5.26 Å². The van der Waals surface area contributed by atoms with Crippen LogP contribution in [0.1, 0.15) is 18.7 Å². The lowest BCUT2D eigenvalue weighted by Crippen LogP contribution is -2.13. The standard InChI is InChI=1S/C13H13ClN4/c1-2-18-9-16-8-13(18)12(7-15)17-11-5-3-10(14)4-6-11/h3-6,8-9,12,17H,2H2,1H3. The zero-order valence-corrected chi connectivity index (χ0v) is 10.7. The molecule has 2 rings (SSSR count). The van der Waals surface area contributed by atoms with Gasteiger partial charge in [0.25, 0.3) is 0 Å². The number of rotatable bonds is 4. The molecule has 0 fully saturated rings. The minimum Gasteiger partial charge on any atom is -0.365 e. The highest BCUT2D eigenvalue weighted by atomic mass is 35.5. The Labute approximate surface area is 111 Å². The average molecular weight is 261 g/mol. The smallest absolute Gasteiger partial charge is 0.156 e. The van der Waals surface area contributed by atoms with E-state index in [2.05, 4.69) is 16.4 Å². The van der Waals surface area contributed by atoms with E-state index >= 15 is 0 Å². The summed E-state index contributed by atoms with van der Waals surface area (Å²) in [5, 5.41) is 13.1. The van der Waals surface area contributed by atoms with E-state index in [0.717, 1.165) is 17.9 Å². The minimum absolute atomic E-state index is 0.423. The number of nitriles is 1. The van der Waals surface area contributed by atoms with E-state index in [0.29, 0.717) is 5.02 Å². The van der Waals surface area contributed by atoms with Crippen molar-refractivity contribution in [1.82, 2.24) is 9.55 Å². The Balaban J connectivity index is 2.20. The van der Waals surface area contributed by atoms with E-state index in [1.807, 2.05) is 23.6 Å². The first-order chi connectivity index (χ1) is 8.74. The maximum atomic E-state index is 9.25. The van der Waals surface area contributed by atoms with E-state index < -0.39 is 6.04 Å². The fourth-order valence-electron chi connectivity index (χ4n) is 1.72. The number of benzene rings is 1. The zero-order valence-electron chi connectivity index (χ0n) is 9.97. The van der Waals surface area contributed by atoms with Crippen molar-refractivity contribution < 1.29 is 0 Å². The molecule has 0 spiro atoms. The summed E-state index contributed by atoms with van der Waals surface area (Å²) >= 11 is 5.82. The average Bonchev–Trinajstić information content (AvgIpc) is 2.86. The van der Waals surface area contributed by atoms with Crippen LogP contribution in [0.4, 0.5) is 5.69 Å². The van der Waals surface area contributed by atoms with Gasteiger partial charge in [0.2, 0.25) is 0 Å². The highest BCUT2D eigenvalue weighted by molar-refractivity contribution is 6.30. The maximum absolute atomic E-state index is 9.25. The third-order valence-electron chi connectivity index (χ3n) is 2.67. The van der Waals surface area contributed by atoms with Crippen LogP contribution in [0.25, 0.3) is 0 Å². The Bertz CT molecular complexity index is 553. The molecule has 4 nitrogen and oxygen atoms in total. The summed E-state index contributed by atoms with van der Waals surface area (Å²) in [7, 11) is 0. The Hall–Kier alpha value is -1.99. The summed E-state index contributed by atoms with van der Waals surface area (Å²) in [5.74, 6) is 0. The van der Waals surface area contributed by atoms with Gasteiger partial charge in [0.1, 0.15) is 0 Å². The second-order valence-corrected chi connectivity index (χ2v) is 4.25. The molecular weight excluding hydrogens is 248 g/mol. The van der Waals surface area contributed by atoms with Crippen molar-refractivity contribution in [3.63, 3.8) is 0 Å². The minimum atomic E-state index is -0.423. The lowest BCUT2D eigenvalue weighted by atomic mass is 10.2. The van der Waals surface area contributed by atoms with Gasteiger partial charge in [-0.1, -0.05) is 11.6 Å². The zero-order chi connectivity index (χ0) is 13.0. The Morgan fingerprint density at radius 3 is 2.78 bits per heavy atom. The van der Waals surface area contributed by atoms with Gasteiger partial charge < -0.3 is 9.88 Å². The largest absolute Gasteiger partial charge is 0.365 e. The molecule has 5 heteroatoms. The molecule has 0 saturated carbocycles. The molecule has 1 atom stereocenters. The molecule has 0 bridgehead atoms. The molecule has 0 aliphatic carbocycles. The van der Waals surface area contributed by atoms with Crippen molar-refractivity contribution >= 4 is 17.3 Å². The van der Waals surface area contributed by atoms with E-state index in [9.17, 15) is 5.26 Å². The number of imidazole rings is 1. The number of hydrogen-bond donors (Lipinski definition) is 1. The Morgan fingerprint density at radius 1 is 1.44 bits per heavy atom. The molecular formula is C13H13ClN4. The summed E-state index contributed by atoms with van der Waals surface area (Å²) in [6.07, 6.45) is 3.43. The van der Waals surface area contributed by atoms with Gasteiger partial charge in [0.05, 0.1) is 24.3 Å². The van der Waals surface area contributed by atoms with Gasteiger partial charge in [0.15, 0.2) is 6.04 Å². The van der Waals surface area contributed by atoms with Crippen LogP contribution in [0, 0.1) is 11.3 Å². The third kappa shape index (κ3) is 2.63. The van der Waals surface area contributed by atoms with Gasteiger partial charge in [0, 0.05) is 17.3 Å². The molecule has 1 heterocycles. The highest BCUT2D eigenvalue weighted by Crippen LogP contribution is 2.20. The summed E-state index contributed by atoms with van der Waals surface area (Å²) < 4.78 is 1.94. The molecule has 0 aliphatic heterocycles. The van der Waals surface area contributed by atoms with Crippen molar-refractivity contribution in [2.24, 2.45) is 0 Å². The fourth-order valence-corrected chi connectivity index (χ4v) is 1.85. The summed E-state index contributed by atoms with van der Waals surface area (Å²) in [6, 6.07) is 9.08. The molecule has 0 saturated heterocycles. The van der Waals surface area contributed by atoms with Crippen molar-refractivity contribution in [2.45, 2.75) is 19.5 Å². The fraction of sp³-hybridized carbons (Fsp3) is 0.231. The second kappa shape index (κ2) is 5.56. The van der Waals surface area contributed by atoms with Crippen molar-refractivity contribution in [3.8, 4) is 6.07 Å². The second-order valence-electron chi connectivity index (χ2n) is 3.82. The van der Waals surface area contributed by atoms with Crippen LogP contribution in [0.15, 0.2) is 36.8 Å². The highest BCUT2D eigenvalue weighted by Gasteiger charge is 2.14. The number of halogens is 1. The predicted molar refractivity (Wildman–Crippen MR) is 71.3 cm³/mol. The van der Waals surface area contributed by atoms with Crippen molar-refractivity contribution in [3.05, 3.63) is 47.5 Å².